The van der Waals surface area contributed by atoms with E-state index >= 15 is 0 Å². The maximum absolute atomic E-state index is 9.54. The topological polar surface area (TPSA) is 45.1 Å². The van der Waals surface area contributed by atoms with Crippen LogP contribution >= 0.6 is 0 Å². The van der Waals surface area contributed by atoms with Crippen LogP contribution in [0.25, 0.3) is 0 Å². The average molecular weight is 284 g/mol. The molecule has 0 radical (unpaired) electrons. The normalized spacial score (nSPS) is 13.1. The van der Waals surface area contributed by atoms with Gasteiger partial charge in [0.05, 0.1) is 0 Å². The highest BCUT2D eigenvalue weighted by atomic mass is 16.3. The van der Waals surface area contributed by atoms with Crippen LogP contribution in [0.3, 0.4) is 0 Å². The first kappa shape index (κ1) is 15.5. The van der Waals surface area contributed by atoms with Crippen LogP contribution in [0.15, 0.2) is 48.8 Å². The van der Waals surface area contributed by atoms with Crippen molar-refractivity contribution in [2.24, 2.45) is 5.41 Å². The first-order valence-corrected chi connectivity index (χ1v) is 7.35. The van der Waals surface area contributed by atoms with Crippen LogP contribution in [0.1, 0.15) is 44.4 Å². The summed E-state index contributed by atoms with van der Waals surface area (Å²) in [5.74, 6) is 0.308. The van der Waals surface area contributed by atoms with Crippen molar-refractivity contribution in [3.8, 4) is 5.75 Å². The van der Waals surface area contributed by atoms with Crippen LogP contribution in [0, 0.1) is 5.41 Å². The Morgan fingerprint density at radius 2 is 2.00 bits per heavy atom. The summed E-state index contributed by atoms with van der Waals surface area (Å²) in [7, 11) is 0. The molecular weight excluding hydrogens is 260 g/mol. The number of nitrogens with one attached hydrogen (secondary N) is 1. The molecule has 2 aromatic rings. The average Bonchev–Trinajstić information content (AvgIpc) is 2.43. The van der Waals surface area contributed by atoms with Gasteiger partial charge in [-0.25, -0.2) is 0 Å². The largest absolute Gasteiger partial charge is 0.508 e. The van der Waals surface area contributed by atoms with Crippen molar-refractivity contribution >= 4 is 0 Å². The number of aromatic nitrogens is 1. The third kappa shape index (κ3) is 5.20. The highest BCUT2D eigenvalue weighted by Gasteiger charge is 2.20. The van der Waals surface area contributed by atoms with Crippen LogP contribution in [0.2, 0.25) is 0 Å². The molecule has 0 saturated heterocycles. The number of rotatable bonds is 5. The number of benzene rings is 1. The second kappa shape index (κ2) is 6.72. The molecule has 0 aliphatic heterocycles. The molecule has 0 aliphatic rings. The van der Waals surface area contributed by atoms with E-state index in [9.17, 15) is 5.11 Å². The van der Waals surface area contributed by atoms with Crippen LogP contribution in [-0.4, -0.2) is 10.1 Å². The Bertz CT molecular complexity index is 561. The smallest absolute Gasteiger partial charge is 0.115 e. The van der Waals surface area contributed by atoms with Gasteiger partial charge in [-0.3, -0.25) is 4.98 Å². The van der Waals surface area contributed by atoms with Gasteiger partial charge in [0.15, 0.2) is 0 Å². The van der Waals surface area contributed by atoms with Crippen molar-refractivity contribution in [2.45, 2.75) is 39.8 Å². The van der Waals surface area contributed by atoms with Crippen LogP contribution in [0.4, 0.5) is 0 Å². The zero-order valence-corrected chi connectivity index (χ0v) is 13.0. The fourth-order valence-corrected chi connectivity index (χ4v) is 2.41. The Balaban J connectivity index is 2.09. The summed E-state index contributed by atoms with van der Waals surface area (Å²) in [4.78, 5) is 4.22. The zero-order chi connectivity index (χ0) is 15.3. The number of phenolic OH excluding ortho intramolecular Hbond substituents is 1. The van der Waals surface area contributed by atoms with Gasteiger partial charge in [0, 0.05) is 25.0 Å². The van der Waals surface area contributed by atoms with Gasteiger partial charge in [0.2, 0.25) is 0 Å². The lowest BCUT2D eigenvalue weighted by Crippen LogP contribution is -2.25. The molecule has 0 spiro atoms. The lowest BCUT2D eigenvalue weighted by Gasteiger charge is -2.27. The van der Waals surface area contributed by atoms with E-state index in [4.69, 9.17) is 0 Å². The SMILES string of the molecule is CC(C)(C)CC(NCc1cccc(O)c1)c1cccnc1. The van der Waals surface area contributed by atoms with E-state index in [1.165, 1.54) is 5.56 Å². The van der Waals surface area contributed by atoms with Gasteiger partial charge in [-0.1, -0.05) is 39.0 Å². The Labute approximate surface area is 127 Å². The van der Waals surface area contributed by atoms with Gasteiger partial charge in [0.1, 0.15) is 5.75 Å². The fraction of sp³-hybridized carbons (Fsp3) is 0.389. The van der Waals surface area contributed by atoms with Crippen molar-refractivity contribution in [3.63, 3.8) is 0 Å². The van der Waals surface area contributed by atoms with Crippen LogP contribution < -0.4 is 5.32 Å². The molecule has 1 aromatic heterocycles. The lowest BCUT2D eigenvalue weighted by atomic mass is 9.86. The van der Waals surface area contributed by atoms with Crippen molar-refractivity contribution in [2.75, 3.05) is 0 Å². The monoisotopic (exact) mass is 284 g/mol. The Kier molecular flexibility index (Phi) is 4.97. The quantitative estimate of drug-likeness (QED) is 0.870. The summed E-state index contributed by atoms with van der Waals surface area (Å²) in [6.45, 7) is 7.45. The first-order chi connectivity index (χ1) is 9.94. The Morgan fingerprint density at radius 1 is 1.19 bits per heavy atom. The number of nitrogens with zero attached hydrogens (tertiary/aromatic N) is 1. The maximum Gasteiger partial charge on any atom is 0.115 e. The van der Waals surface area contributed by atoms with Crippen LogP contribution in [-0.2, 0) is 6.54 Å². The number of pyridine rings is 1. The van der Waals surface area contributed by atoms with E-state index in [0.717, 1.165) is 18.5 Å². The molecule has 3 heteroatoms. The van der Waals surface area contributed by atoms with E-state index in [-0.39, 0.29) is 11.5 Å². The van der Waals surface area contributed by atoms with Crippen molar-refractivity contribution in [3.05, 3.63) is 59.9 Å². The van der Waals surface area contributed by atoms with E-state index in [0.29, 0.717) is 5.75 Å². The second-order valence-corrected chi connectivity index (χ2v) is 6.65. The highest BCUT2D eigenvalue weighted by molar-refractivity contribution is 5.27. The van der Waals surface area contributed by atoms with E-state index in [2.05, 4.69) is 37.1 Å². The summed E-state index contributed by atoms with van der Waals surface area (Å²) in [5.41, 5.74) is 2.51. The van der Waals surface area contributed by atoms with Crippen LogP contribution in [0.5, 0.6) is 5.75 Å². The molecule has 0 fully saturated rings. The van der Waals surface area contributed by atoms with E-state index in [1.807, 2.05) is 24.4 Å². The van der Waals surface area contributed by atoms with Gasteiger partial charge >= 0.3 is 0 Å². The summed E-state index contributed by atoms with van der Waals surface area (Å²) in [6.07, 6.45) is 4.75. The molecule has 2 N–H and O–H groups in total. The summed E-state index contributed by atoms with van der Waals surface area (Å²) >= 11 is 0. The minimum atomic E-state index is 0.229. The molecule has 1 aromatic carbocycles. The third-order valence-corrected chi connectivity index (χ3v) is 3.37. The maximum atomic E-state index is 9.54. The minimum Gasteiger partial charge on any atom is -0.508 e. The molecule has 0 amide bonds. The number of aromatic hydroxyl groups is 1. The summed E-state index contributed by atoms with van der Waals surface area (Å²) < 4.78 is 0. The van der Waals surface area contributed by atoms with Crippen molar-refractivity contribution < 1.29 is 5.11 Å². The molecule has 0 saturated carbocycles. The van der Waals surface area contributed by atoms with Gasteiger partial charge in [-0.2, -0.15) is 0 Å². The van der Waals surface area contributed by atoms with Gasteiger partial charge in [0.25, 0.3) is 0 Å². The minimum absolute atomic E-state index is 0.229. The zero-order valence-electron chi connectivity index (χ0n) is 13.0. The molecular formula is C18H24N2O. The predicted molar refractivity (Wildman–Crippen MR) is 86.0 cm³/mol. The highest BCUT2D eigenvalue weighted by Crippen LogP contribution is 2.29. The van der Waals surface area contributed by atoms with Gasteiger partial charge in [-0.15, -0.1) is 0 Å². The number of phenols is 1. The number of hydrogen-bond donors (Lipinski definition) is 2. The van der Waals surface area contributed by atoms with Crippen molar-refractivity contribution in [1.29, 1.82) is 0 Å². The second-order valence-electron chi connectivity index (χ2n) is 6.65. The summed E-state index contributed by atoms with van der Waals surface area (Å²) in [6, 6.07) is 11.7. The van der Waals surface area contributed by atoms with Gasteiger partial charge < -0.3 is 10.4 Å². The van der Waals surface area contributed by atoms with E-state index in [1.54, 1.807) is 18.3 Å². The third-order valence-electron chi connectivity index (χ3n) is 3.37. The molecule has 1 heterocycles. The van der Waals surface area contributed by atoms with Gasteiger partial charge in [-0.05, 0) is 41.2 Å². The molecule has 1 atom stereocenters. The molecule has 3 nitrogen and oxygen atoms in total. The van der Waals surface area contributed by atoms with E-state index < -0.39 is 0 Å². The Hall–Kier alpha value is -1.87. The molecule has 21 heavy (non-hydrogen) atoms. The van der Waals surface area contributed by atoms with Crippen molar-refractivity contribution in [1.82, 2.24) is 10.3 Å². The molecule has 0 aliphatic carbocycles. The molecule has 0 bridgehead atoms. The molecule has 112 valence electrons. The predicted octanol–water partition coefficient (Wildman–Crippen LogP) is 4.05. The Morgan fingerprint density at radius 3 is 2.62 bits per heavy atom. The lowest BCUT2D eigenvalue weighted by molar-refractivity contribution is 0.310. The number of hydrogen-bond acceptors (Lipinski definition) is 3. The standard InChI is InChI=1S/C18H24N2O/c1-18(2,3)11-17(15-7-5-9-19-13-15)20-12-14-6-4-8-16(21)10-14/h4-10,13,17,20-21H,11-12H2,1-3H3. The molecule has 1 unspecified atom stereocenters. The molecule has 2 rings (SSSR count). The fourth-order valence-electron chi connectivity index (χ4n) is 2.41. The first-order valence-electron chi connectivity index (χ1n) is 7.35. The summed E-state index contributed by atoms with van der Waals surface area (Å²) in [5, 5.41) is 13.1.